The Morgan fingerprint density at radius 3 is 2.89 bits per heavy atom. The Labute approximate surface area is 106 Å². The first kappa shape index (κ1) is 11.2. The van der Waals surface area contributed by atoms with E-state index in [1.54, 1.807) is 6.20 Å². The summed E-state index contributed by atoms with van der Waals surface area (Å²) in [4.78, 5) is 4.05. The van der Waals surface area contributed by atoms with E-state index in [4.69, 9.17) is 5.73 Å². The molecule has 0 bridgehead atoms. The van der Waals surface area contributed by atoms with Crippen LogP contribution in [0.25, 0.3) is 0 Å². The molecule has 0 radical (unpaired) electrons. The van der Waals surface area contributed by atoms with E-state index in [2.05, 4.69) is 17.1 Å². The van der Waals surface area contributed by atoms with Gasteiger partial charge in [-0.3, -0.25) is 0 Å². The molecule has 0 aliphatic heterocycles. The standard InChI is InChI=1S/C15H16N2O/c16-15-13(6-3-9-17-15)14(18)12-8-7-10-4-1-2-5-11(10)12/h1-6,9,12,14,18H,7-8H2,(H2,16,17). The molecule has 0 amide bonds. The van der Waals surface area contributed by atoms with Crippen molar-refractivity contribution in [2.45, 2.75) is 24.9 Å². The molecule has 92 valence electrons. The number of nitrogens with zero attached hydrogens (tertiary/aromatic N) is 1. The van der Waals surface area contributed by atoms with Crippen molar-refractivity contribution >= 4 is 5.82 Å². The Kier molecular flexibility index (Phi) is 2.76. The highest BCUT2D eigenvalue weighted by Crippen LogP contribution is 2.42. The number of fused-ring (bicyclic) bond motifs is 1. The van der Waals surface area contributed by atoms with E-state index in [1.807, 2.05) is 24.3 Å². The van der Waals surface area contributed by atoms with Gasteiger partial charge in [-0.25, -0.2) is 4.98 Å². The molecule has 0 saturated carbocycles. The maximum atomic E-state index is 10.5. The van der Waals surface area contributed by atoms with E-state index in [0.29, 0.717) is 5.82 Å². The number of pyridine rings is 1. The van der Waals surface area contributed by atoms with Crippen LogP contribution in [0, 0.1) is 0 Å². The molecule has 3 rings (SSSR count). The number of aliphatic hydroxyl groups excluding tert-OH is 1. The third-order valence-corrected chi connectivity index (χ3v) is 3.75. The first-order chi connectivity index (χ1) is 8.77. The molecule has 3 heteroatoms. The Morgan fingerprint density at radius 2 is 2.06 bits per heavy atom. The van der Waals surface area contributed by atoms with Gasteiger partial charge in [0.05, 0.1) is 6.10 Å². The highest BCUT2D eigenvalue weighted by atomic mass is 16.3. The average molecular weight is 240 g/mol. The number of nitrogen functional groups attached to an aromatic ring is 1. The smallest absolute Gasteiger partial charge is 0.129 e. The van der Waals surface area contributed by atoms with E-state index in [1.165, 1.54) is 11.1 Å². The van der Waals surface area contributed by atoms with Gasteiger partial charge in [-0.15, -0.1) is 0 Å². The molecular formula is C15H16N2O. The lowest BCUT2D eigenvalue weighted by molar-refractivity contribution is 0.145. The van der Waals surface area contributed by atoms with Crippen LogP contribution >= 0.6 is 0 Å². The first-order valence-corrected chi connectivity index (χ1v) is 6.23. The summed E-state index contributed by atoms with van der Waals surface area (Å²) in [5.41, 5.74) is 9.15. The molecule has 18 heavy (non-hydrogen) atoms. The van der Waals surface area contributed by atoms with Gasteiger partial charge in [-0.05, 0) is 30.0 Å². The van der Waals surface area contributed by atoms with Gasteiger partial charge >= 0.3 is 0 Å². The van der Waals surface area contributed by atoms with Crippen molar-refractivity contribution in [1.29, 1.82) is 0 Å². The summed E-state index contributed by atoms with van der Waals surface area (Å²) >= 11 is 0. The summed E-state index contributed by atoms with van der Waals surface area (Å²) in [5.74, 6) is 0.557. The zero-order valence-electron chi connectivity index (χ0n) is 10.1. The van der Waals surface area contributed by atoms with Crippen LogP contribution in [0.2, 0.25) is 0 Å². The zero-order valence-corrected chi connectivity index (χ0v) is 10.1. The topological polar surface area (TPSA) is 59.1 Å². The minimum atomic E-state index is -0.567. The molecule has 3 N–H and O–H groups in total. The van der Waals surface area contributed by atoms with Crippen LogP contribution in [0.3, 0.4) is 0 Å². The quantitative estimate of drug-likeness (QED) is 0.847. The normalized spacial score (nSPS) is 19.5. The lowest BCUT2D eigenvalue weighted by Crippen LogP contribution is -2.11. The van der Waals surface area contributed by atoms with Crippen molar-refractivity contribution in [3.63, 3.8) is 0 Å². The third kappa shape index (κ3) is 1.77. The van der Waals surface area contributed by atoms with Gasteiger partial charge in [-0.1, -0.05) is 30.3 Å². The largest absolute Gasteiger partial charge is 0.388 e. The number of aromatic nitrogens is 1. The number of nitrogens with two attached hydrogens (primary N) is 1. The third-order valence-electron chi connectivity index (χ3n) is 3.75. The van der Waals surface area contributed by atoms with Crippen LogP contribution < -0.4 is 5.73 Å². The van der Waals surface area contributed by atoms with Gasteiger partial charge < -0.3 is 10.8 Å². The van der Waals surface area contributed by atoms with E-state index in [-0.39, 0.29) is 5.92 Å². The summed E-state index contributed by atoms with van der Waals surface area (Å²) in [6.07, 6.45) is 3.07. The molecule has 1 aromatic heterocycles. The Bertz CT molecular complexity index is 568. The Hall–Kier alpha value is -1.87. The summed E-state index contributed by atoms with van der Waals surface area (Å²) in [6, 6.07) is 12.0. The van der Waals surface area contributed by atoms with E-state index >= 15 is 0 Å². The Balaban J connectivity index is 1.96. The summed E-state index contributed by atoms with van der Waals surface area (Å²) in [6.45, 7) is 0. The maximum absolute atomic E-state index is 10.5. The first-order valence-electron chi connectivity index (χ1n) is 6.23. The van der Waals surface area contributed by atoms with Gasteiger partial charge in [-0.2, -0.15) is 0 Å². The molecule has 1 aromatic carbocycles. The van der Waals surface area contributed by atoms with Crippen LogP contribution in [0.4, 0.5) is 5.82 Å². The molecule has 1 aliphatic carbocycles. The predicted octanol–water partition coefficient (Wildman–Crippen LogP) is 2.43. The van der Waals surface area contributed by atoms with Gasteiger partial charge in [0.25, 0.3) is 0 Å². The van der Waals surface area contributed by atoms with Crippen molar-refractivity contribution in [2.75, 3.05) is 5.73 Å². The summed E-state index contributed by atoms with van der Waals surface area (Å²) in [5, 5.41) is 10.5. The van der Waals surface area contributed by atoms with Crippen LogP contribution in [0.1, 0.15) is 35.1 Å². The SMILES string of the molecule is Nc1ncccc1C(O)C1CCc2ccccc21. The molecule has 1 aliphatic rings. The van der Waals surface area contributed by atoms with Gasteiger partial charge in [0.1, 0.15) is 5.82 Å². The lowest BCUT2D eigenvalue weighted by atomic mass is 9.91. The predicted molar refractivity (Wildman–Crippen MR) is 71.1 cm³/mol. The summed E-state index contributed by atoms with van der Waals surface area (Å²) in [7, 11) is 0. The fourth-order valence-corrected chi connectivity index (χ4v) is 2.81. The molecule has 0 fully saturated rings. The average Bonchev–Trinajstić information content (AvgIpc) is 2.82. The number of aliphatic hydroxyl groups is 1. The minimum Gasteiger partial charge on any atom is -0.388 e. The highest BCUT2D eigenvalue weighted by Gasteiger charge is 2.30. The van der Waals surface area contributed by atoms with Crippen LogP contribution in [0.15, 0.2) is 42.6 Å². The molecule has 2 atom stereocenters. The van der Waals surface area contributed by atoms with Gasteiger partial charge in [0, 0.05) is 17.7 Å². The van der Waals surface area contributed by atoms with E-state index < -0.39 is 6.10 Å². The molecule has 3 nitrogen and oxygen atoms in total. The monoisotopic (exact) mass is 240 g/mol. The van der Waals surface area contributed by atoms with Crippen LogP contribution in [-0.4, -0.2) is 10.1 Å². The fraction of sp³-hybridized carbons (Fsp3) is 0.267. The lowest BCUT2D eigenvalue weighted by Gasteiger charge is -2.20. The number of rotatable bonds is 2. The highest BCUT2D eigenvalue weighted by molar-refractivity contribution is 5.44. The second-order valence-corrected chi connectivity index (χ2v) is 4.77. The molecular weight excluding hydrogens is 224 g/mol. The minimum absolute atomic E-state index is 0.132. The van der Waals surface area contributed by atoms with Gasteiger partial charge in [0.2, 0.25) is 0 Å². The van der Waals surface area contributed by atoms with Crippen LogP contribution in [-0.2, 0) is 6.42 Å². The zero-order chi connectivity index (χ0) is 12.5. The number of aryl methyl sites for hydroxylation is 1. The number of anilines is 1. The van der Waals surface area contributed by atoms with Crippen molar-refractivity contribution in [3.05, 3.63) is 59.3 Å². The second kappa shape index (κ2) is 4.42. The molecule has 2 unspecified atom stereocenters. The Morgan fingerprint density at radius 1 is 1.22 bits per heavy atom. The number of hydrogen-bond donors (Lipinski definition) is 2. The number of benzene rings is 1. The summed E-state index contributed by atoms with van der Waals surface area (Å²) < 4.78 is 0. The van der Waals surface area contributed by atoms with Crippen molar-refractivity contribution in [1.82, 2.24) is 4.98 Å². The molecule has 0 spiro atoms. The molecule has 2 aromatic rings. The maximum Gasteiger partial charge on any atom is 0.129 e. The molecule has 0 saturated heterocycles. The van der Waals surface area contributed by atoms with Gasteiger partial charge in [0.15, 0.2) is 0 Å². The molecule has 1 heterocycles. The fourth-order valence-electron chi connectivity index (χ4n) is 2.81. The van der Waals surface area contributed by atoms with Crippen LogP contribution in [0.5, 0.6) is 0 Å². The van der Waals surface area contributed by atoms with E-state index in [9.17, 15) is 5.11 Å². The van der Waals surface area contributed by atoms with E-state index in [0.717, 1.165) is 18.4 Å². The van der Waals surface area contributed by atoms with Crippen molar-refractivity contribution in [3.8, 4) is 0 Å². The van der Waals surface area contributed by atoms with Crippen molar-refractivity contribution in [2.24, 2.45) is 0 Å². The second-order valence-electron chi connectivity index (χ2n) is 4.77. The number of hydrogen-bond acceptors (Lipinski definition) is 3. The van der Waals surface area contributed by atoms with Crippen molar-refractivity contribution < 1.29 is 5.11 Å².